The highest BCUT2D eigenvalue weighted by molar-refractivity contribution is 7.80. The predicted molar refractivity (Wildman–Crippen MR) is 179 cm³/mol. The second kappa shape index (κ2) is 16.1. The highest BCUT2D eigenvalue weighted by Gasteiger charge is 2.65. The summed E-state index contributed by atoms with van der Waals surface area (Å²) in [6.07, 6.45) is 11.7. The number of nitrogens with zero attached hydrogens (tertiary/aromatic N) is 1. The molecule has 0 radical (unpaired) electrons. The number of ketones is 2. The number of unbranched alkanes of at least 4 members (excludes halogenated alkanes) is 9. The van der Waals surface area contributed by atoms with E-state index in [-0.39, 0.29) is 24.2 Å². The van der Waals surface area contributed by atoms with Gasteiger partial charge in [0.15, 0.2) is 11.4 Å². The summed E-state index contributed by atoms with van der Waals surface area (Å²) in [6.45, 7) is 3.71. The van der Waals surface area contributed by atoms with Crippen molar-refractivity contribution in [3.8, 4) is 5.75 Å². The third-order valence-electron chi connectivity index (χ3n) is 9.75. The summed E-state index contributed by atoms with van der Waals surface area (Å²) in [7, 11) is -1.17. The molecular weight excluding hydrogens is 660 g/mol. The van der Waals surface area contributed by atoms with Crippen LogP contribution in [0, 0.1) is 11.8 Å². The van der Waals surface area contributed by atoms with Gasteiger partial charge in [0.05, 0.1) is 23.8 Å². The Labute approximate surface area is 287 Å². The number of rotatable bonds is 14. The first-order chi connectivity index (χ1) is 22.8. The van der Waals surface area contributed by atoms with Gasteiger partial charge in [0, 0.05) is 17.4 Å². The molecule has 0 saturated carbocycles. The molecule has 1 aromatic carbocycles. The standard InChI is InChI=1S/C22H24N2O8.C12H26O4S/c1-21(31)8-5-4-6-11(25)12(8)16(26)13-9(21)7-10-15(24(2)3)17(27)14(20(23)30)19(29)22(10,32)18(13)28;1-2-3-4-5-6-7-8-9-10-11-12-16-17(13,14)15/h4-6,9-10,15,25,27-28,31-32H,7H2,1-3H3,(H2,23,30);2-12H2,1H3,(H,13,14,15)/t9-,10-,15-,21+,22-;/m0./s1. The van der Waals surface area contributed by atoms with E-state index in [4.69, 9.17) is 10.3 Å². The molecule has 0 heterocycles. The lowest BCUT2D eigenvalue weighted by Gasteiger charge is -2.52. The second-order valence-corrected chi connectivity index (χ2v) is 14.5. The van der Waals surface area contributed by atoms with Gasteiger partial charge in [-0.25, -0.2) is 4.18 Å². The van der Waals surface area contributed by atoms with Crippen LogP contribution in [0.3, 0.4) is 0 Å². The number of Topliss-reactive ketones (excluding diaryl/α,β-unsaturated/α-hetero) is 2. The lowest BCUT2D eigenvalue weighted by Crippen LogP contribution is -2.65. The van der Waals surface area contributed by atoms with Gasteiger partial charge in [0.2, 0.25) is 5.78 Å². The third kappa shape index (κ3) is 8.35. The number of aliphatic hydroxyl groups is 4. The molecule has 0 fully saturated rings. The van der Waals surface area contributed by atoms with Crippen LogP contribution in [0.4, 0.5) is 0 Å². The van der Waals surface area contributed by atoms with Crippen LogP contribution < -0.4 is 5.73 Å². The zero-order valence-electron chi connectivity index (χ0n) is 28.5. The number of benzene rings is 1. The van der Waals surface area contributed by atoms with Crippen molar-refractivity contribution in [1.82, 2.24) is 4.90 Å². The van der Waals surface area contributed by atoms with Gasteiger partial charge >= 0.3 is 10.4 Å². The Morgan fingerprint density at radius 3 is 2.04 bits per heavy atom. The lowest BCUT2D eigenvalue weighted by molar-refractivity contribution is -0.151. The van der Waals surface area contributed by atoms with Crippen molar-refractivity contribution >= 4 is 27.9 Å². The summed E-state index contributed by atoms with van der Waals surface area (Å²) in [6, 6.07) is 3.05. The number of carbonyl (C=O) groups is 3. The minimum atomic E-state index is -4.23. The van der Waals surface area contributed by atoms with E-state index in [1.807, 2.05) is 0 Å². The largest absolute Gasteiger partial charge is 0.510 e. The van der Waals surface area contributed by atoms with Gasteiger partial charge in [0.25, 0.3) is 5.91 Å². The number of aliphatic hydroxyl groups excluding tert-OH is 2. The Morgan fingerprint density at radius 1 is 0.980 bits per heavy atom. The topological polar surface area (TPSA) is 245 Å². The van der Waals surface area contributed by atoms with Crippen molar-refractivity contribution in [3.63, 3.8) is 0 Å². The van der Waals surface area contributed by atoms with Crippen LogP contribution in [0.5, 0.6) is 5.75 Å². The maximum Gasteiger partial charge on any atom is 0.397 e. The SMILES string of the molecule is CCCCCCCCCCCCOS(=O)(=O)O.CN(C)[C@@H]1C(O)=C(C(N)=O)C(=O)[C@@]2(O)C(O)=C3C(=O)c4c(O)cccc4[C@@](C)(O)[C@H]3C[C@@H]12. The fraction of sp³-hybridized carbons (Fsp3) is 0.618. The van der Waals surface area contributed by atoms with Gasteiger partial charge in [-0.3, -0.25) is 23.8 Å². The van der Waals surface area contributed by atoms with Gasteiger partial charge in [-0.1, -0.05) is 76.8 Å². The summed E-state index contributed by atoms with van der Waals surface area (Å²) in [5.74, 6) is -7.89. The fourth-order valence-corrected chi connectivity index (χ4v) is 7.59. The van der Waals surface area contributed by atoms with Gasteiger partial charge in [-0.15, -0.1) is 0 Å². The zero-order valence-corrected chi connectivity index (χ0v) is 29.3. The molecule has 1 amide bonds. The highest BCUT2D eigenvalue weighted by atomic mass is 32.3. The smallest absolute Gasteiger partial charge is 0.397 e. The highest BCUT2D eigenvalue weighted by Crippen LogP contribution is 2.56. The number of amides is 1. The van der Waals surface area contributed by atoms with E-state index in [2.05, 4.69) is 11.1 Å². The summed E-state index contributed by atoms with van der Waals surface area (Å²) in [5, 5.41) is 55.0. The van der Waals surface area contributed by atoms with Crippen molar-refractivity contribution in [3.05, 3.63) is 52.0 Å². The van der Waals surface area contributed by atoms with Crippen LogP contribution in [0.2, 0.25) is 0 Å². The first-order valence-corrected chi connectivity index (χ1v) is 18.0. The number of likely N-dealkylation sites (N-methyl/N-ethyl adjacent to an activating group) is 1. The van der Waals surface area contributed by atoms with Crippen molar-refractivity contribution in [2.24, 2.45) is 17.6 Å². The van der Waals surface area contributed by atoms with E-state index in [0.717, 1.165) is 12.8 Å². The molecule has 274 valence electrons. The molecule has 0 bridgehead atoms. The Hall–Kier alpha value is -3.34. The molecule has 14 nitrogen and oxygen atoms in total. The van der Waals surface area contributed by atoms with Crippen molar-refractivity contribution in [2.45, 2.75) is 102 Å². The van der Waals surface area contributed by atoms with E-state index in [1.54, 1.807) is 0 Å². The summed E-state index contributed by atoms with van der Waals surface area (Å²) in [4.78, 5) is 39.9. The van der Waals surface area contributed by atoms with Crippen LogP contribution in [-0.2, 0) is 29.8 Å². The van der Waals surface area contributed by atoms with E-state index < -0.39 is 85.4 Å². The number of phenolic OH excluding ortho intramolecular Hbond substituents is 1. The Balaban J connectivity index is 0.000000326. The minimum Gasteiger partial charge on any atom is -0.510 e. The summed E-state index contributed by atoms with van der Waals surface area (Å²) in [5.41, 5.74) is -0.654. The van der Waals surface area contributed by atoms with Gasteiger partial charge in [0.1, 0.15) is 22.8 Å². The number of fused-ring (bicyclic) bond motifs is 3. The molecule has 4 rings (SSSR count). The van der Waals surface area contributed by atoms with Crippen molar-refractivity contribution < 1.29 is 57.1 Å². The number of hydrogen-bond donors (Lipinski definition) is 7. The third-order valence-corrected chi connectivity index (χ3v) is 10.2. The van der Waals surface area contributed by atoms with Crippen LogP contribution in [0.25, 0.3) is 0 Å². The first-order valence-electron chi connectivity index (χ1n) is 16.6. The molecule has 0 aliphatic heterocycles. The van der Waals surface area contributed by atoms with Crippen LogP contribution in [0.1, 0.15) is 100 Å². The molecule has 3 aliphatic carbocycles. The Kier molecular flexibility index (Phi) is 13.2. The number of aromatic hydroxyl groups is 1. The molecule has 0 spiro atoms. The summed E-state index contributed by atoms with van der Waals surface area (Å²) >= 11 is 0. The van der Waals surface area contributed by atoms with Crippen molar-refractivity contribution in [1.29, 1.82) is 0 Å². The Bertz CT molecular complexity index is 1580. The van der Waals surface area contributed by atoms with Gasteiger partial charge < -0.3 is 31.3 Å². The summed E-state index contributed by atoms with van der Waals surface area (Å²) < 4.78 is 33.0. The van der Waals surface area contributed by atoms with Crippen LogP contribution >= 0.6 is 0 Å². The number of nitrogens with two attached hydrogens (primary N) is 1. The average Bonchev–Trinajstić information content (AvgIpc) is 3.00. The second-order valence-electron chi connectivity index (χ2n) is 13.4. The monoisotopic (exact) mass is 710 g/mol. The number of phenols is 1. The number of primary amides is 1. The maximum absolute atomic E-state index is 13.3. The molecule has 15 heteroatoms. The zero-order chi connectivity index (χ0) is 36.9. The van der Waals surface area contributed by atoms with Gasteiger partial charge in [-0.2, -0.15) is 8.42 Å². The average molecular weight is 711 g/mol. The molecule has 0 aromatic heterocycles. The molecule has 0 saturated heterocycles. The van der Waals surface area contributed by atoms with Gasteiger partial charge in [-0.05, 0) is 45.5 Å². The molecule has 49 heavy (non-hydrogen) atoms. The van der Waals surface area contributed by atoms with Crippen molar-refractivity contribution in [2.75, 3.05) is 20.7 Å². The lowest BCUT2D eigenvalue weighted by atomic mass is 9.55. The fourth-order valence-electron chi connectivity index (χ4n) is 7.26. The molecular formula is C34H50N2O12S. The molecule has 8 N–H and O–H groups in total. The normalized spacial score (nSPS) is 26.6. The molecule has 1 aromatic rings. The number of hydrogen-bond acceptors (Lipinski definition) is 12. The van der Waals surface area contributed by atoms with Crippen LogP contribution in [0.15, 0.2) is 40.9 Å². The van der Waals surface area contributed by atoms with Crippen LogP contribution in [-0.4, -0.2) is 93.2 Å². The molecule has 3 aliphatic rings. The maximum atomic E-state index is 13.3. The van der Waals surface area contributed by atoms with E-state index in [9.17, 15) is 48.3 Å². The van der Waals surface area contributed by atoms with E-state index >= 15 is 0 Å². The quantitative estimate of drug-likeness (QED) is 0.0831. The Morgan fingerprint density at radius 2 is 1.53 bits per heavy atom. The molecule has 0 unspecified atom stereocenters. The van der Waals surface area contributed by atoms with E-state index in [0.29, 0.717) is 6.42 Å². The van der Waals surface area contributed by atoms with E-state index in [1.165, 1.54) is 89.1 Å². The number of carbonyl (C=O) groups excluding carboxylic acids is 3. The molecule has 5 atom stereocenters. The predicted octanol–water partition coefficient (Wildman–Crippen LogP) is 3.51. The first kappa shape index (κ1) is 40.1. The minimum absolute atomic E-state index is 0.0926.